The molecule has 1 aliphatic heterocycles. The van der Waals surface area contributed by atoms with Gasteiger partial charge in [-0.25, -0.2) is 0 Å². The van der Waals surface area contributed by atoms with Gasteiger partial charge >= 0.3 is 0 Å². The van der Waals surface area contributed by atoms with Gasteiger partial charge < -0.3 is 14.4 Å². The number of hydrogen-bond donors (Lipinski definition) is 4. The van der Waals surface area contributed by atoms with Crippen molar-refractivity contribution >= 4 is 11.8 Å². The molecular formula is C19H22N4O5. The number of ether oxygens (including phenoxy) is 1. The molecule has 9 heteroatoms. The van der Waals surface area contributed by atoms with Gasteiger partial charge in [-0.15, -0.1) is 0 Å². The number of hydrazine groups is 1. The van der Waals surface area contributed by atoms with Gasteiger partial charge in [0, 0.05) is 23.6 Å². The van der Waals surface area contributed by atoms with Gasteiger partial charge in [-0.1, -0.05) is 35.5 Å². The minimum absolute atomic E-state index is 0.0935. The minimum Gasteiger partial charge on any atom is -0.383 e. The maximum atomic E-state index is 12.0. The lowest BCUT2D eigenvalue weighted by molar-refractivity contribution is -0.136. The van der Waals surface area contributed by atoms with Crippen LogP contribution in [-0.2, 0) is 20.1 Å². The zero-order valence-corrected chi connectivity index (χ0v) is 15.3. The van der Waals surface area contributed by atoms with Crippen LogP contribution in [0.1, 0.15) is 25.5 Å². The van der Waals surface area contributed by atoms with E-state index in [0.717, 1.165) is 11.3 Å². The van der Waals surface area contributed by atoms with E-state index in [1.165, 1.54) is 6.92 Å². The monoisotopic (exact) mass is 386 g/mol. The molecule has 9 nitrogen and oxygen atoms in total. The normalized spacial score (nSPS) is 26.8. The predicted molar refractivity (Wildman–Crippen MR) is 97.2 cm³/mol. The molecule has 2 fully saturated rings. The summed E-state index contributed by atoms with van der Waals surface area (Å²) in [5, 5.41) is 16.6. The molecule has 1 saturated heterocycles. The van der Waals surface area contributed by atoms with Crippen molar-refractivity contribution < 1.29 is 24.0 Å². The Hall–Kier alpha value is -2.75. The first kappa shape index (κ1) is 18.6. The summed E-state index contributed by atoms with van der Waals surface area (Å²) < 4.78 is 11.1. The molecule has 2 aliphatic rings. The highest BCUT2D eigenvalue weighted by molar-refractivity contribution is 5.85. The van der Waals surface area contributed by atoms with E-state index in [9.17, 15) is 9.59 Å². The second-order valence-corrected chi connectivity index (χ2v) is 7.22. The van der Waals surface area contributed by atoms with Crippen LogP contribution in [0.4, 0.5) is 0 Å². The zero-order chi connectivity index (χ0) is 19.7. The third-order valence-electron chi connectivity index (χ3n) is 5.05. The van der Waals surface area contributed by atoms with E-state index >= 15 is 0 Å². The van der Waals surface area contributed by atoms with Crippen molar-refractivity contribution in [1.29, 1.82) is 0 Å². The third-order valence-corrected chi connectivity index (χ3v) is 5.05. The first-order chi connectivity index (χ1) is 13.5. The second kappa shape index (κ2) is 7.34. The molecule has 2 heterocycles. The Kier molecular flexibility index (Phi) is 4.88. The first-order valence-electron chi connectivity index (χ1n) is 9.19. The van der Waals surface area contributed by atoms with E-state index in [4.69, 9.17) is 14.4 Å². The number of aliphatic hydroxyl groups is 1. The Balaban J connectivity index is 1.29. The first-order valence-corrected chi connectivity index (χ1v) is 9.19. The van der Waals surface area contributed by atoms with Crippen LogP contribution in [0, 0.1) is 5.92 Å². The lowest BCUT2D eigenvalue weighted by Crippen LogP contribution is -2.54. The molecule has 2 aromatic rings. The van der Waals surface area contributed by atoms with Gasteiger partial charge in [-0.05, 0) is 19.8 Å². The summed E-state index contributed by atoms with van der Waals surface area (Å²) in [5.41, 5.74) is 5.55. The standard InChI is InChI=1S/C19H22N4O5/c1-11(24)17(25)21-22-18(26)13-7-14(8-13)20-19(10-27-19)16-9-15(23-28-16)12-5-3-2-4-6-12/h2-6,9,11,13-14,20,24H,7-8,10H2,1H3,(H,21,25)(H,22,26)/t11-,13?,14?,19?/m1/s1. The summed E-state index contributed by atoms with van der Waals surface area (Å²) in [6.07, 6.45) is 0.0492. The molecule has 1 aliphatic carbocycles. The predicted octanol–water partition coefficient (Wildman–Crippen LogP) is 0.421. The van der Waals surface area contributed by atoms with Crippen LogP contribution in [0.25, 0.3) is 11.3 Å². The summed E-state index contributed by atoms with van der Waals surface area (Å²) in [4.78, 5) is 23.3. The second-order valence-electron chi connectivity index (χ2n) is 7.22. The summed E-state index contributed by atoms with van der Waals surface area (Å²) in [6, 6.07) is 11.7. The molecule has 0 bridgehead atoms. The highest BCUT2D eigenvalue weighted by Gasteiger charge is 2.53. The zero-order valence-electron chi connectivity index (χ0n) is 15.3. The van der Waals surface area contributed by atoms with Crippen LogP contribution < -0.4 is 16.2 Å². The van der Waals surface area contributed by atoms with Gasteiger partial charge in [0.15, 0.2) is 5.76 Å². The lowest BCUT2D eigenvalue weighted by Gasteiger charge is -2.36. The molecule has 0 spiro atoms. The lowest BCUT2D eigenvalue weighted by atomic mass is 9.79. The molecule has 1 saturated carbocycles. The molecular weight excluding hydrogens is 364 g/mol. The van der Waals surface area contributed by atoms with Gasteiger partial charge in [0.25, 0.3) is 5.91 Å². The van der Waals surface area contributed by atoms with Gasteiger partial charge in [0.2, 0.25) is 11.6 Å². The number of aromatic nitrogens is 1. The fourth-order valence-corrected chi connectivity index (χ4v) is 3.19. The van der Waals surface area contributed by atoms with Crippen LogP contribution in [-0.4, -0.2) is 40.8 Å². The maximum Gasteiger partial charge on any atom is 0.266 e. The summed E-state index contributed by atoms with van der Waals surface area (Å²) in [5.74, 6) is -0.517. The van der Waals surface area contributed by atoms with E-state index in [-0.39, 0.29) is 17.9 Å². The highest BCUT2D eigenvalue weighted by atomic mass is 16.6. The molecule has 148 valence electrons. The van der Waals surface area contributed by atoms with Crippen molar-refractivity contribution in [2.75, 3.05) is 6.61 Å². The number of nitrogens with one attached hydrogen (secondary N) is 3. The number of carbonyl (C=O) groups is 2. The fourth-order valence-electron chi connectivity index (χ4n) is 3.19. The van der Waals surface area contributed by atoms with Crippen LogP contribution >= 0.6 is 0 Å². The number of carbonyl (C=O) groups excluding carboxylic acids is 2. The summed E-state index contributed by atoms with van der Waals surface area (Å²) in [6.45, 7) is 1.81. The minimum atomic E-state index is -1.18. The van der Waals surface area contributed by atoms with Crippen LogP contribution in [0.2, 0.25) is 0 Å². The Labute approximate surface area is 161 Å². The molecule has 28 heavy (non-hydrogen) atoms. The van der Waals surface area contributed by atoms with E-state index in [0.29, 0.717) is 25.2 Å². The molecule has 1 unspecified atom stereocenters. The van der Waals surface area contributed by atoms with Crippen LogP contribution in [0.5, 0.6) is 0 Å². The van der Waals surface area contributed by atoms with Gasteiger partial charge in [0.1, 0.15) is 18.4 Å². The summed E-state index contributed by atoms with van der Waals surface area (Å²) in [7, 11) is 0. The Morgan fingerprint density at radius 2 is 1.96 bits per heavy atom. The van der Waals surface area contributed by atoms with E-state index < -0.39 is 17.7 Å². The Morgan fingerprint density at radius 3 is 2.61 bits per heavy atom. The fraction of sp³-hybridized carbons (Fsp3) is 0.421. The number of rotatable bonds is 6. The molecule has 2 amide bonds. The van der Waals surface area contributed by atoms with E-state index in [1.807, 2.05) is 36.4 Å². The molecule has 0 radical (unpaired) electrons. The van der Waals surface area contributed by atoms with E-state index in [1.54, 1.807) is 0 Å². The quantitative estimate of drug-likeness (QED) is 0.418. The number of aliphatic hydroxyl groups excluding tert-OH is 1. The van der Waals surface area contributed by atoms with Crippen molar-refractivity contribution in [2.45, 2.75) is 37.6 Å². The largest absolute Gasteiger partial charge is 0.383 e. The molecule has 1 aromatic heterocycles. The van der Waals surface area contributed by atoms with Crippen LogP contribution in [0.15, 0.2) is 40.9 Å². The molecule has 1 aromatic carbocycles. The average Bonchev–Trinajstić information content (AvgIpc) is 3.28. The summed E-state index contributed by atoms with van der Waals surface area (Å²) >= 11 is 0. The maximum absolute atomic E-state index is 12.0. The topological polar surface area (TPSA) is 129 Å². The average molecular weight is 386 g/mol. The number of epoxide rings is 1. The smallest absolute Gasteiger partial charge is 0.266 e. The van der Waals surface area contributed by atoms with Gasteiger partial charge in [-0.2, -0.15) is 0 Å². The van der Waals surface area contributed by atoms with Gasteiger partial charge in [-0.3, -0.25) is 25.8 Å². The number of benzene rings is 1. The number of nitrogens with zero attached hydrogens (tertiary/aromatic N) is 1. The Morgan fingerprint density at radius 1 is 1.25 bits per heavy atom. The number of amides is 2. The van der Waals surface area contributed by atoms with Gasteiger partial charge in [0.05, 0.1) is 0 Å². The molecule has 4 rings (SSSR count). The third kappa shape index (κ3) is 3.77. The Bertz CT molecular complexity index is 856. The van der Waals surface area contributed by atoms with Crippen molar-refractivity contribution in [2.24, 2.45) is 5.92 Å². The SMILES string of the molecule is C[C@@H](O)C(=O)NNC(=O)C1CC(NC2(c3cc(-c4ccccc4)no3)CO2)C1. The van der Waals surface area contributed by atoms with Crippen molar-refractivity contribution in [1.82, 2.24) is 21.3 Å². The highest BCUT2D eigenvalue weighted by Crippen LogP contribution is 2.41. The van der Waals surface area contributed by atoms with Crippen molar-refractivity contribution in [3.05, 3.63) is 42.2 Å². The molecule has 2 atom stereocenters. The number of hydrogen-bond acceptors (Lipinski definition) is 7. The molecule has 4 N–H and O–H groups in total. The van der Waals surface area contributed by atoms with Crippen LogP contribution in [0.3, 0.4) is 0 Å². The van der Waals surface area contributed by atoms with Crippen molar-refractivity contribution in [3.8, 4) is 11.3 Å². The van der Waals surface area contributed by atoms with E-state index in [2.05, 4.69) is 21.3 Å². The van der Waals surface area contributed by atoms with Crippen molar-refractivity contribution in [3.63, 3.8) is 0 Å².